The maximum absolute atomic E-state index is 11.6. The minimum atomic E-state index is -0.435. The molecular weight excluding hydrogens is 430 g/mol. The second kappa shape index (κ2) is 9.03. The van der Waals surface area contributed by atoms with Crippen molar-refractivity contribution in [1.29, 1.82) is 0 Å². The molecule has 0 aliphatic rings. The largest absolute Gasteiger partial charge is 0.505 e. The highest BCUT2D eigenvalue weighted by atomic mass is 16.3. The van der Waals surface area contributed by atoms with Gasteiger partial charge in [-0.2, -0.15) is 0 Å². The van der Waals surface area contributed by atoms with Gasteiger partial charge in [0.25, 0.3) is 0 Å². The summed E-state index contributed by atoms with van der Waals surface area (Å²) in [6.07, 6.45) is 0. The molecule has 0 saturated heterocycles. The van der Waals surface area contributed by atoms with E-state index in [4.69, 9.17) is 0 Å². The van der Waals surface area contributed by atoms with Gasteiger partial charge in [-0.15, -0.1) is 15.0 Å². The molecule has 0 bridgehead atoms. The van der Waals surface area contributed by atoms with E-state index in [0.29, 0.717) is 5.69 Å². The molecule has 1 heterocycles. The van der Waals surface area contributed by atoms with Gasteiger partial charge in [0.05, 0.1) is 0 Å². The van der Waals surface area contributed by atoms with Crippen molar-refractivity contribution in [3.05, 3.63) is 119 Å². The Morgan fingerprint density at radius 3 is 1.57 bits per heavy atom. The minimum Gasteiger partial charge on any atom is -0.505 e. The fraction of sp³-hybridized carbons (Fsp3) is 0.226. The molecule has 4 aromatic carbocycles. The summed E-state index contributed by atoms with van der Waals surface area (Å²) >= 11 is 0. The first-order valence-corrected chi connectivity index (χ1v) is 11.6. The molecule has 35 heavy (non-hydrogen) atoms. The lowest BCUT2D eigenvalue weighted by Gasteiger charge is -2.32. The summed E-state index contributed by atoms with van der Waals surface area (Å²) in [6, 6.07) is 32.7. The second-order valence-corrected chi connectivity index (χ2v) is 9.85. The molecule has 1 N–H and O–H groups in total. The number of fused-ring (bicyclic) bond motifs is 1. The van der Waals surface area contributed by atoms with Crippen LogP contribution in [0.5, 0.6) is 5.75 Å². The van der Waals surface area contributed by atoms with E-state index in [0.717, 1.165) is 27.7 Å². The summed E-state index contributed by atoms with van der Waals surface area (Å²) in [6.45, 7) is 8.72. The van der Waals surface area contributed by atoms with Crippen LogP contribution in [0.4, 0.5) is 0 Å². The van der Waals surface area contributed by atoms with Gasteiger partial charge in [0, 0.05) is 16.4 Å². The van der Waals surface area contributed by atoms with Crippen LogP contribution in [0.25, 0.3) is 16.7 Å². The third kappa shape index (κ3) is 4.21. The lowest BCUT2D eigenvalue weighted by Crippen LogP contribution is -2.24. The average molecular weight is 464 g/mol. The van der Waals surface area contributed by atoms with Crippen molar-refractivity contribution in [2.45, 2.75) is 46.0 Å². The van der Waals surface area contributed by atoms with Gasteiger partial charge in [-0.3, -0.25) is 0 Å². The molecule has 0 aliphatic heterocycles. The molecule has 5 aromatic rings. The van der Waals surface area contributed by atoms with Gasteiger partial charge in [-0.1, -0.05) is 114 Å². The average Bonchev–Trinajstić information content (AvgIpc) is 3.29. The van der Waals surface area contributed by atoms with Crippen LogP contribution in [0.15, 0.2) is 97.1 Å². The van der Waals surface area contributed by atoms with E-state index in [2.05, 4.69) is 80.4 Å². The van der Waals surface area contributed by atoms with Gasteiger partial charge in [-0.05, 0) is 34.9 Å². The van der Waals surface area contributed by atoms with Crippen LogP contribution in [0.3, 0.4) is 0 Å². The van der Waals surface area contributed by atoms with E-state index in [1.54, 1.807) is 4.80 Å². The standard InChI is InChI=1S/C30H29N3O.CH4/c1-29(2,21-13-7-5-8-14-21)23-19-24(30(3,4)22-15-9-6-10-16-22)28(34)27(20-23)33-31-25-17-11-12-18-26(25)32-33;/h5-20,34H,1-4H3;1H4. The van der Waals surface area contributed by atoms with Gasteiger partial charge in [0.1, 0.15) is 22.5 Å². The number of phenolic OH excluding ortho intramolecular Hbond substituents is 1. The van der Waals surface area contributed by atoms with Crippen molar-refractivity contribution in [1.82, 2.24) is 15.0 Å². The van der Waals surface area contributed by atoms with E-state index in [1.807, 2.05) is 54.6 Å². The van der Waals surface area contributed by atoms with Crippen molar-refractivity contribution in [3.8, 4) is 11.4 Å². The van der Waals surface area contributed by atoms with E-state index >= 15 is 0 Å². The molecule has 4 nitrogen and oxygen atoms in total. The molecule has 0 saturated carbocycles. The summed E-state index contributed by atoms with van der Waals surface area (Å²) in [5.41, 5.74) is 5.70. The Hall–Kier alpha value is -3.92. The molecule has 0 unspecified atom stereocenters. The van der Waals surface area contributed by atoms with Crippen LogP contribution in [-0.2, 0) is 10.8 Å². The van der Waals surface area contributed by atoms with Crippen molar-refractivity contribution < 1.29 is 5.11 Å². The lowest BCUT2D eigenvalue weighted by atomic mass is 9.72. The zero-order valence-corrected chi connectivity index (χ0v) is 20.0. The normalized spacial score (nSPS) is 11.9. The van der Waals surface area contributed by atoms with Gasteiger partial charge >= 0.3 is 0 Å². The predicted molar refractivity (Wildman–Crippen MR) is 144 cm³/mol. The number of hydrogen-bond acceptors (Lipinski definition) is 3. The smallest absolute Gasteiger partial charge is 0.147 e. The van der Waals surface area contributed by atoms with E-state index in [9.17, 15) is 5.11 Å². The summed E-state index contributed by atoms with van der Waals surface area (Å²) in [7, 11) is 0. The van der Waals surface area contributed by atoms with Crippen LogP contribution in [0, 0.1) is 0 Å². The zero-order valence-electron chi connectivity index (χ0n) is 20.0. The summed E-state index contributed by atoms with van der Waals surface area (Å²) in [5.74, 6) is 0.196. The molecule has 0 amide bonds. The number of aromatic hydroxyl groups is 1. The molecule has 0 atom stereocenters. The first kappa shape index (κ1) is 24.2. The molecule has 1 aromatic heterocycles. The van der Waals surface area contributed by atoms with Gasteiger partial charge < -0.3 is 5.11 Å². The molecule has 0 spiro atoms. The third-order valence-electron chi connectivity index (χ3n) is 6.98. The summed E-state index contributed by atoms with van der Waals surface area (Å²) < 4.78 is 0. The fourth-order valence-electron chi connectivity index (χ4n) is 4.61. The van der Waals surface area contributed by atoms with E-state index in [-0.39, 0.29) is 18.6 Å². The molecule has 0 fully saturated rings. The van der Waals surface area contributed by atoms with Crippen LogP contribution in [0.1, 0.15) is 57.4 Å². The highest BCUT2D eigenvalue weighted by Gasteiger charge is 2.32. The SMILES string of the molecule is C.CC(C)(c1ccccc1)c1cc(-n2nc3ccccc3n2)c(O)c(C(C)(C)c2ccccc2)c1. The van der Waals surface area contributed by atoms with Crippen molar-refractivity contribution in [2.24, 2.45) is 0 Å². The highest BCUT2D eigenvalue weighted by molar-refractivity contribution is 5.74. The van der Waals surface area contributed by atoms with E-state index < -0.39 is 5.41 Å². The molecule has 4 heteroatoms. The van der Waals surface area contributed by atoms with E-state index in [1.165, 1.54) is 5.56 Å². The summed E-state index contributed by atoms with van der Waals surface area (Å²) in [5, 5.41) is 21.0. The third-order valence-corrected chi connectivity index (χ3v) is 6.98. The first-order valence-electron chi connectivity index (χ1n) is 11.6. The molecule has 178 valence electrons. The van der Waals surface area contributed by atoms with Crippen LogP contribution in [-0.4, -0.2) is 20.1 Å². The fourth-order valence-corrected chi connectivity index (χ4v) is 4.61. The number of phenols is 1. The Balaban J connectivity index is 0.00000289. The number of rotatable bonds is 5. The monoisotopic (exact) mass is 463 g/mol. The van der Waals surface area contributed by atoms with Crippen molar-refractivity contribution in [3.63, 3.8) is 0 Å². The second-order valence-electron chi connectivity index (χ2n) is 9.85. The molecule has 0 aliphatic carbocycles. The molecule has 5 rings (SSSR count). The minimum absolute atomic E-state index is 0. The van der Waals surface area contributed by atoms with Crippen LogP contribution in [0.2, 0.25) is 0 Å². The maximum Gasteiger partial charge on any atom is 0.147 e. The van der Waals surface area contributed by atoms with Gasteiger partial charge in [-0.25, -0.2) is 0 Å². The van der Waals surface area contributed by atoms with Crippen molar-refractivity contribution in [2.75, 3.05) is 0 Å². The van der Waals surface area contributed by atoms with Gasteiger partial charge in [0.2, 0.25) is 0 Å². The Labute approximate surface area is 207 Å². The number of hydrogen-bond donors (Lipinski definition) is 1. The zero-order chi connectivity index (χ0) is 23.9. The summed E-state index contributed by atoms with van der Waals surface area (Å²) in [4.78, 5) is 1.56. The van der Waals surface area contributed by atoms with Crippen molar-refractivity contribution >= 4 is 11.0 Å². The number of aromatic nitrogens is 3. The Morgan fingerprint density at radius 1 is 0.600 bits per heavy atom. The Kier molecular flexibility index (Phi) is 6.25. The lowest BCUT2D eigenvalue weighted by molar-refractivity contribution is 0.445. The molecule has 0 radical (unpaired) electrons. The Morgan fingerprint density at radius 2 is 1.06 bits per heavy atom. The topological polar surface area (TPSA) is 50.9 Å². The number of benzene rings is 4. The van der Waals surface area contributed by atoms with Crippen LogP contribution < -0.4 is 0 Å². The van der Waals surface area contributed by atoms with Gasteiger partial charge in [0.15, 0.2) is 0 Å². The number of nitrogens with zero attached hydrogens (tertiary/aromatic N) is 3. The first-order chi connectivity index (χ1) is 16.3. The quantitative estimate of drug-likeness (QED) is 0.295. The Bertz CT molecular complexity index is 1420. The molecular formula is C31H33N3O. The van der Waals surface area contributed by atoms with Crippen LogP contribution >= 0.6 is 0 Å². The maximum atomic E-state index is 11.6. The predicted octanol–water partition coefficient (Wildman–Crippen LogP) is 7.41. The highest BCUT2D eigenvalue weighted by Crippen LogP contribution is 2.43.